The minimum absolute atomic E-state index is 0.0638. The first-order valence-corrected chi connectivity index (χ1v) is 12.4. The Hall–Kier alpha value is 0.580. The quantitative estimate of drug-likeness (QED) is 0.217. The molecule has 2 rings (SSSR count). The summed E-state index contributed by atoms with van der Waals surface area (Å²) in [6.45, 7) is -0.573. The Morgan fingerprint density at radius 3 is 2.33 bits per heavy atom. The van der Waals surface area contributed by atoms with Gasteiger partial charge >= 0.3 is 11.5 Å². The summed E-state index contributed by atoms with van der Waals surface area (Å²) in [5.74, 6) is -0.559. The van der Waals surface area contributed by atoms with Gasteiger partial charge in [-0.05, 0) is 112 Å². The van der Waals surface area contributed by atoms with E-state index in [0.29, 0.717) is 18.4 Å². The highest BCUT2D eigenvalue weighted by molar-refractivity contribution is 14.1. The van der Waals surface area contributed by atoms with Gasteiger partial charge < -0.3 is 9.46 Å². The highest BCUT2D eigenvalue weighted by atomic mass is 127. The predicted octanol–water partition coefficient (Wildman–Crippen LogP) is 5.58. The number of hydrogen-bond acceptors (Lipinski definition) is 4. The maximum atomic E-state index is 12.7. The number of rotatable bonds is 6. The van der Waals surface area contributed by atoms with E-state index in [0.717, 1.165) is 23.6 Å². The van der Waals surface area contributed by atoms with Crippen LogP contribution in [0, 0.1) is 10.7 Å². The smallest absolute Gasteiger partial charge is 0.480 e. The van der Waals surface area contributed by atoms with Gasteiger partial charge in [0.2, 0.25) is 0 Å². The number of benzene rings is 1. The summed E-state index contributed by atoms with van der Waals surface area (Å²) in [6.07, 6.45) is 2.38. The van der Waals surface area contributed by atoms with Gasteiger partial charge in [0.05, 0.1) is 5.56 Å². The number of hydrogen-bond donors (Lipinski definition) is 0. The lowest BCUT2D eigenvalue weighted by Crippen LogP contribution is -2.34. The van der Waals surface area contributed by atoms with E-state index in [4.69, 9.17) is 4.74 Å². The van der Waals surface area contributed by atoms with Crippen LogP contribution in [0.5, 0.6) is 0 Å². The first-order valence-electron chi connectivity index (χ1n) is 7.75. The summed E-state index contributed by atoms with van der Waals surface area (Å²) in [7, 11) is -5.53. The number of halogens is 6. The third kappa shape index (κ3) is 6.04. The van der Waals surface area contributed by atoms with Gasteiger partial charge in [0.15, 0.2) is 10.0 Å². The normalized spacial score (nSPS) is 17.1. The molecule has 0 radical (unpaired) electrons. The molecule has 5 nitrogen and oxygen atoms in total. The SMILES string of the molecule is O=C(OC1(CC[N-]S(=O)(=O)C(F)(F)F)CCCC1)c1cc(I)cc(I)c1I. The Morgan fingerprint density at radius 1 is 1.19 bits per heavy atom. The van der Waals surface area contributed by atoms with Crippen LogP contribution in [0.25, 0.3) is 4.72 Å². The lowest BCUT2D eigenvalue weighted by atomic mass is 9.97. The Labute approximate surface area is 196 Å². The topological polar surface area (TPSA) is 74.5 Å². The van der Waals surface area contributed by atoms with E-state index in [2.05, 4.69) is 49.9 Å². The summed E-state index contributed by atoms with van der Waals surface area (Å²) >= 11 is 6.23. The largest absolute Gasteiger partial charge is 0.541 e. The number of sulfonamides is 1. The second kappa shape index (κ2) is 9.16. The van der Waals surface area contributed by atoms with Crippen LogP contribution in [-0.4, -0.2) is 32.0 Å². The van der Waals surface area contributed by atoms with Crippen molar-refractivity contribution in [3.63, 3.8) is 0 Å². The molecule has 1 aromatic rings. The fourth-order valence-electron chi connectivity index (χ4n) is 2.82. The molecule has 1 fully saturated rings. The Kier molecular flexibility index (Phi) is 8.09. The number of nitrogens with zero attached hydrogens (tertiary/aromatic N) is 1. The van der Waals surface area contributed by atoms with Gasteiger partial charge in [-0.3, -0.25) is 0 Å². The molecule has 0 unspecified atom stereocenters. The molecule has 0 aromatic heterocycles. The molecule has 0 saturated heterocycles. The van der Waals surface area contributed by atoms with Crippen molar-refractivity contribution in [1.29, 1.82) is 0 Å². The van der Waals surface area contributed by atoms with Crippen molar-refractivity contribution in [2.75, 3.05) is 6.54 Å². The van der Waals surface area contributed by atoms with Crippen molar-refractivity contribution >= 4 is 83.8 Å². The van der Waals surface area contributed by atoms with Crippen LogP contribution in [0.4, 0.5) is 13.2 Å². The molecule has 0 spiro atoms. The molecule has 152 valence electrons. The van der Waals surface area contributed by atoms with Crippen molar-refractivity contribution in [1.82, 2.24) is 0 Å². The second-order valence-corrected chi connectivity index (χ2v) is 11.2. The van der Waals surface area contributed by atoms with E-state index in [1.165, 1.54) is 0 Å². The minimum Gasteiger partial charge on any atom is -0.541 e. The Bertz CT molecular complexity index is 824. The molecule has 0 N–H and O–H groups in total. The predicted molar refractivity (Wildman–Crippen MR) is 119 cm³/mol. The maximum absolute atomic E-state index is 12.7. The van der Waals surface area contributed by atoms with Crippen molar-refractivity contribution in [2.45, 2.75) is 43.2 Å². The van der Waals surface area contributed by atoms with E-state index in [-0.39, 0.29) is 6.42 Å². The van der Waals surface area contributed by atoms with Gasteiger partial charge in [0, 0.05) is 10.7 Å². The molecular weight excluding hydrogens is 728 g/mol. The van der Waals surface area contributed by atoms with Crippen LogP contribution >= 0.6 is 67.8 Å². The summed E-state index contributed by atoms with van der Waals surface area (Å²) < 4.78 is 70.4. The molecule has 0 bridgehead atoms. The Morgan fingerprint density at radius 2 is 1.78 bits per heavy atom. The van der Waals surface area contributed by atoms with E-state index < -0.39 is 33.6 Å². The van der Waals surface area contributed by atoms with Crippen molar-refractivity contribution in [2.24, 2.45) is 0 Å². The zero-order valence-electron chi connectivity index (χ0n) is 13.7. The molecule has 1 saturated carbocycles. The molecule has 1 aliphatic rings. The number of carbonyl (C=O) groups excluding carboxylic acids is 1. The molecular formula is C15H14F3I3NO4S-. The summed E-state index contributed by atoms with van der Waals surface area (Å²) in [5.41, 5.74) is -6.02. The zero-order valence-corrected chi connectivity index (χ0v) is 20.9. The molecule has 0 amide bonds. The highest BCUT2D eigenvalue weighted by Crippen LogP contribution is 2.39. The van der Waals surface area contributed by atoms with E-state index >= 15 is 0 Å². The van der Waals surface area contributed by atoms with Gasteiger partial charge in [-0.15, -0.1) is 6.54 Å². The fourth-order valence-corrected chi connectivity index (χ4v) is 5.68. The molecule has 27 heavy (non-hydrogen) atoms. The highest BCUT2D eigenvalue weighted by Gasteiger charge is 2.40. The van der Waals surface area contributed by atoms with E-state index in [1.54, 1.807) is 6.07 Å². The molecule has 1 aliphatic carbocycles. The second-order valence-electron chi connectivity index (χ2n) is 6.05. The lowest BCUT2D eigenvalue weighted by Gasteiger charge is -2.33. The average Bonchev–Trinajstić information content (AvgIpc) is 2.97. The van der Waals surface area contributed by atoms with Crippen LogP contribution in [0.2, 0.25) is 0 Å². The molecule has 0 atom stereocenters. The van der Waals surface area contributed by atoms with Gasteiger partial charge in [0.1, 0.15) is 5.60 Å². The van der Waals surface area contributed by atoms with Crippen LogP contribution < -0.4 is 0 Å². The Balaban J connectivity index is 2.12. The lowest BCUT2D eigenvalue weighted by molar-refractivity contribution is -0.0430. The van der Waals surface area contributed by atoms with Crippen molar-refractivity contribution in [3.8, 4) is 0 Å². The van der Waals surface area contributed by atoms with Crippen LogP contribution in [0.3, 0.4) is 0 Å². The monoisotopic (exact) mass is 742 g/mol. The summed E-state index contributed by atoms with van der Waals surface area (Å²) in [6, 6.07) is 3.60. The van der Waals surface area contributed by atoms with E-state index in [9.17, 15) is 26.4 Å². The fraction of sp³-hybridized carbons (Fsp3) is 0.533. The van der Waals surface area contributed by atoms with Gasteiger partial charge in [-0.1, -0.05) is 0 Å². The molecule has 1 aromatic carbocycles. The van der Waals surface area contributed by atoms with Gasteiger partial charge in [-0.2, -0.15) is 13.2 Å². The number of alkyl halides is 3. The number of esters is 1. The third-order valence-electron chi connectivity index (χ3n) is 4.16. The van der Waals surface area contributed by atoms with E-state index in [1.807, 2.05) is 28.7 Å². The van der Waals surface area contributed by atoms with Crippen LogP contribution in [0.1, 0.15) is 42.5 Å². The van der Waals surface area contributed by atoms with Crippen molar-refractivity contribution in [3.05, 3.63) is 33.1 Å². The van der Waals surface area contributed by atoms with Crippen molar-refractivity contribution < 1.29 is 31.1 Å². The van der Waals surface area contributed by atoms with Gasteiger partial charge in [-0.25, -0.2) is 13.2 Å². The van der Waals surface area contributed by atoms with Crippen LogP contribution in [0.15, 0.2) is 12.1 Å². The molecule has 0 heterocycles. The number of carbonyl (C=O) groups is 1. The molecule has 12 heteroatoms. The van der Waals surface area contributed by atoms with Crippen LogP contribution in [-0.2, 0) is 14.8 Å². The molecule has 0 aliphatic heterocycles. The maximum Gasteiger partial charge on any atom is 0.480 e. The minimum atomic E-state index is -5.53. The average molecular weight is 742 g/mol. The summed E-state index contributed by atoms with van der Waals surface area (Å²) in [4.78, 5) is 12.7. The number of ether oxygens (including phenoxy) is 1. The van der Waals surface area contributed by atoms with Gasteiger partial charge in [0.25, 0.3) is 0 Å². The first-order chi connectivity index (χ1) is 12.4. The standard InChI is InChI=1S/C15H14F3I3NO4S/c16-15(17,18)27(24,25)22-6-5-14(3-1-2-4-14)26-13(23)10-7-9(19)8-11(20)12(10)21/h7-8H,1-6H2/q-1. The summed E-state index contributed by atoms with van der Waals surface area (Å²) in [5, 5.41) is 0. The first kappa shape index (κ1) is 23.9. The third-order valence-corrected chi connectivity index (χ3v) is 8.93. The zero-order chi connectivity index (χ0) is 20.5.